The summed E-state index contributed by atoms with van der Waals surface area (Å²) in [7, 11) is 7.77. The third-order valence-corrected chi connectivity index (χ3v) is 10.1. The van der Waals surface area contributed by atoms with Crippen LogP contribution in [0.4, 0.5) is 0 Å². The van der Waals surface area contributed by atoms with Gasteiger partial charge in [-0.25, -0.2) is 0 Å². The van der Waals surface area contributed by atoms with Crippen molar-refractivity contribution in [1.29, 1.82) is 0 Å². The van der Waals surface area contributed by atoms with Crippen molar-refractivity contribution >= 4 is 21.8 Å². The summed E-state index contributed by atoms with van der Waals surface area (Å²) in [4.78, 5) is 0. The Labute approximate surface area is 163 Å². The van der Waals surface area contributed by atoms with Crippen LogP contribution < -0.4 is 18.9 Å². The van der Waals surface area contributed by atoms with E-state index in [4.69, 9.17) is 18.9 Å². The molecule has 1 aromatic carbocycles. The minimum absolute atomic E-state index is 0.398. The summed E-state index contributed by atoms with van der Waals surface area (Å²) in [6.07, 6.45) is 5.34. The number of benzene rings is 1. The van der Waals surface area contributed by atoms with E-state index in [9.17, 15) is 0 Å². The third kappa shape index (κ3) is 4.01. The Hall–Kier alpha value is -0.880. The molecule has 0 unspecified atom stereocenters. The third-order valence-electron chi connectivity index (χ3n) is 5.25. The van der Waals surface area contributed by atoms with Crippen LogP contribution in [0.1, 0.15) is 36.8 Å². The summed E-state index contributed by atoms with van der Waals surface area (Å²) in [6.45, 7) is 0. The van der Waals surface area contributed by atoms with Crippen molar-refractivity contribution in [3.8, 4) is 23.0 Å². The van der Waals surface area contributed by atoms with Crippen molar-refractivity contribution in [3.63, 3.8) is 0 Å². The Kier molecular flexibility index (Phi) is 7.15. The van der Waals surface area contributed by atoms with E-state index in [1.165, 1.54) is 48.7 Å². The maximum absolute atomic E-state index is 5.87. The number of ether oxygens (including phenoxy) is 4. The second-order valence-electron chi connectivity index (χ2n) is 6.83. The Morgan fingerprint density at radius 1 is 0.538 bits per heavy atom. The van der Waals surface area contributed by atoms with Crippen LogP contribution in [0.15, 0.2) is 0 Å². The van der Waals surface area contributed by atoms with Gasteiger partial charge in [-0.2, -0.15) is 0 Å². The molecule has 0 radical (unpaired) electrons. The van der Waals surface area contributed by atoms with E-state index in [0.29, 0.717) is 21.8 Å². The van der Waals surface area contributed by atoms with E-state index in [1.807, 2.05) is 0 Å². The summed E-state index contributed by atoms with van der Waals surface area (Å²) < 4.78 is 23.5. The Balaban J connectivity index is 2.07. The molecule has 2 heterocycles. The predicted octanol–water partition coefficient (Wildman–Crippen LogP) is 3.55. The fraction of sp³-hybridized carbons (Fsp3) is 0.700. The molecule has 26 heavy (non-hydrogen) atoms. The zero-order valence-corrected chi connectivity index (χ0v) is 18.2. The molecule has 0 aliphatic carbocycles. The highest BCUT2D eigenvalue weighted by atomic mass is 32.2. The Morgan fingerprint density at radius 2 is 0.808 bits per heavy atom. The van der Waals surface area contributed by atoms with Gasteiger partial charge in [0.25, 0.3) is 0 Å². The normalized spacial score (nSPS) is 18.3. The van der Waals surface area contributed by atoms with Crippen LogP contribution in [0.2, 0.25) is 0 Å². The maximum atomic E-state index is 5.87. The van der Waals surface area contributed by atoms with Crippen molar-refractivity contribution in [3.05, 3.63) is 11.1 Å². The van der Waals surface area contributed by atoms with Gasteiger partial charge in [-0.1, -0.05) is 0 Å². The van der Waals surface area contributed by atoms with Crippen LogP contribution >= 0.6 is 0 Å². The molecule has 146 valence electrons. The van der Waals surface area contributed by atoms with Gasteiger partial charge in [-0.3, -0.25) is 0 Å². The van der Waals surface area contributed by atoms with E-state index in [-0.39, 0.29) is 0 Å². The van der Waals surface area contributed by atoms with Crippen LogP contribution in [0, 0.1) is 0 Å². The average Bonchev–Trinajstić information content (AvgIpc) is 3.35. The van der Waals surface area contributed by atoms with Gasteiger partial charge in [0.15, 0.2) is 23.0 Å². The number of hydrogen-bond donors (Lipinski definition) is 0. The van der Waals surface area contributed by atoms with E-state index in [1.54, 1.807) is 28.4 Å². The molecule has 2 fully saturated rings. The van der Waals surface area contributed by atoms with E-state index in [0.717, 1.165) is 45.6 Å². The Morgan fingerprint density at radius 3 is 1.04 bits per heavy atom. The minimum atomic E-state index is 0.398. The van der Waals surface area contributed by atoms with Gasteiger partial charge < -0.3 is 18.9 Å². The molecule has 3 rings (SSSR count). The van der Waals surface area contributed by atoms with Gasteiger partial charge in [0.05, 0.1) is 39.6 Å². The SMILES string of the molecule is COc1c(C[S+]2CCCC2)c(OC)c(OC)c(C[S+]2CCCC2)c1OC. The lowest BCUT2D eigenvalue weighted by Crippen LogP contribution is -2.14. The lowest BCUT2D eigenvalue weighted by molar-refractivity contribution is 0.321. The highest BCUT2D eigenvalue weighted by Crippen LogP contribution is 2.50. The maximum Gasteiger partial charge on any atom is 0.173 e. The first-order chi connectivity index (χ1) is 12.7. The van der Waals surface area contributed by atoms with Gasteiger partial charge in [-0.05, 0) is 47.5 Å². The van der Waals surface area contributed by atoms with E-state index < -0.39 is 0 Å². The first-order valence-corrected chi connectivity index (χ1v) is 12.9. The highest BCUT2D eigenvalue weighted by molar-refractivity contribution is 7.96. The summed E-state index contributed by atoms with van der Waals surface area (Å²) in [6, 6.07) is 0. The van der Waals surface area contributed by atoms with Crippen LogP contribution in [0.5, 0.6) is 23.0 Å². The molecule has 6 heteroatoms. The van der Waals surface area contributed by atoms with Crippen molar-refractivity contribution in [1.82, 2.24) is 0 Å². The van der Waals surface area contributed by atoms with Crippen LogP contribution in [0.3, 0.4) is 0 Å². The second-order valence-corrected chi connectivity index (χ2v) is 11.5. The molecule has 0 amide bonds. The van der Waals surface area contributed by atoms with Crippen LogP contribution in [-0.4, -0.2) is 51.5 Å². The molecule has 0 aromatic heterocycles. The minimum Gasteiger partial charge on any atom is -0.492 e. The van der Waals surface area contributed by atoms with Gasteiger partial charge in [0, 0.05) is 0 Å². The zero-order valence-electron chi connectivity index (χ0n) is 16.5. The van der Waals surface area contributed by atoms with E-state index >= 15 is 0 Å². The predicted molar refractivity (Wildman–Crippen MR) is 113 cm³/mol. The average molecular weight is 401 g/mol. The van der Waals surface area contributed by atoms with E-state index in [2.05, 4.69) is 0 Å². The molecule has 0 N–H and O–H groups in total. The van der Waals surface area contributed by atoms with Gasteiger partial charge in [-0.15, -0.1) is 0 Å². The molecule has 0 saturated carbocycles. The summed E-state index contributed by atoms with van der Waals surface area (Å²) in [5, 5.41) is 0. The van der Waals surface area contributed by atoms with Crippen molar-refractivity contribution < 1.29 is 18.9 Å². The number of hydrogen-bond acceptors (Lipinski definition) is 4. The standard InChI is InChI=1S/C20H32O4S2/c1-21-17-15(13-25-9-5-6-10-25)19(23-3)20(24-4)16(18(17)22-2)14-26-11-7-8-12-26/h5-14H2,1-4H3/q+2. The fourth-order valence-electron chi connectivity index (χ4n) is 4.01. The van der Waals surface area contributed by atoms with Crippen molar-refractivity contribution in [2.45, 2.75) is 37.2 Å². The zero-order chi connectivity index (χ0) is 18.5. The van der Waals surface area contributed by atoms with Crippen molar-refractivity contribution in [2.75, 3.05) is 51.5 Å². The lowest BCUT2D eigenvalue weighted by Gasteiger charge is -2.22. The molecule has 0 spiro atoms. The molecule has 0 atom stereocenters. The monoisotopic (exact) mass is 400 g/mol. The Bertz CT molecular complexity index is 522. The fourth-order valence-corrected chi connectivity index (χ4v) is 8.78. The first kappa shape index (κ1) is 19.9. The molecular formula is C20H32O4S2+2. The van der Waals surface area contributed by atoms with Crippen molar-refractivity contribution in [2.24, 2.45) is 0 Å². The summed E-state index contributed by atoms with van der Waals surface area (Å²) in [5.41, 5.74) is 2.24. The van der Waals surface area contributed by atoms with Gasteiger partial charge >= 0.3 is 0 Å². The molecule has 2 saturated heterocycles. The molecular weight excluding hydrogens is 368 g/mol. The van der Waals surface area contributed by atoms with Gasteiger partial charge in [0.1, 0.15) is 34.5 Å². The van der Waals surface area contributed by atoms with Crippen LogP contribution in [-0.2, 0) is 33.3 Å². The van der Waals surface area contributed by atoms with Gasteiger partial charge in [0.2, 0.25) is 0 Å². The highest BCUT2D eigenvalue weighted by Gasteiger charge is 2.36. The molecule has 4 nitrogen and oxygen atoms in total. The summed E-state index contributed by atoms with van der Waals surface area (Å²) >= 11 is 0. The lowest BCUT2D eigenvalue weighted by atomic mass is 10.1. The number of methoxy groups -OCH3 is 4. The molecule has 1 aromatic rings. The molecule has 0 bridgehead atoms. The topological polar surface area (TPSA) is 36.9 Å². The molecule has 2 aliphatic rings. The summed E-state index contributed by atoms with van der Waals surface area (Å²) in [5.74, 6) is 10.6. The smallest absolute Gasteiger partial charge is 0.173 e. The second kappa shape index (κ2) is 9.36. The largest absolute Gasteiger partial charge is 0.492 e. The first-order valence-electron chi connectivity index (χ1n) is 9.39. The quantitative estimate of drug-likeness (QED) is 0.626. The molecule has 2 aliphatic heterocycles. The van der Waals surface area contributed by atoms with Crippen LogP contribution in [0.25, 0.3) is 0 Å². The number of rotatable bonds is 8.